The van der Waals surface area contributed by atoms with Gasteiger partial charge in [0.05, 0.1) is 6.04 Å². The van der Waals surface area contributed by atoms with Crippen LogP contribution in [0.4, 0.5) is 26.7 Å². The maximum atomic E-state index is 12.2. The normalized spacial score (nSPS) is 11.1. The van der Waals surface area contributed by atoms with Gasteiger partial charge in [-0.25, -0.2) is 9.59 Å². The summed E-state index contributed by atoms with van der Waals surface area (Å²) in [6.07, 6.45) is 0.159. The third-order valence-corrected chi connectivity index (χ3v) is 4.75. The van der Waals surface area contributed by atoms with Crippen molar-refractivity contribution >= 4 is 35.0 Å². The number of hydrogen-bond donors (Lipinski definition) is 5. The Balaban J connectivity index is 1.38. The lowest BCUT2D eigenvalue weighted by Gasteiger charge is -2.15. The predicted octanol–water partition coefficient (Wildman–Crippen LogP) is 4.72. The molecule has 170 valence electrons. The second-order valence-corrected chi connectivity index (χ2v) is 7.35. The van der Waals surface area contributed by atoms with E-state index in [1.165, 1.54) is 0 Å². The molecule has 3 aromatic rings. The second kappa shape index (κ2) is 11.9. The molecule has 0 aromatic heterocycles. The SMILES string of the molecule is CC(NC(=O)CCNC(=O)Nc1ccccc1)c1ccc(NC(=O)Nc2ccccc2)cc1. The van der Waals surface area contributed by atoms with E-state index in [4.69, 9.17) is 0 Å². The number of carbonyl (C=O) groups excluding carboxylic acids is 3. The lowest BCUT2D eigenvalue weighted by Crippen LogP contribution is -2.34. The van der Waals surface area contributed by atoms with Crippen molar-refractivity contribution in [3.63, 3.8) is 0 Å². The minimum Gasteiger partial charge on any atom is -0.350 e. The van der Waals surface area contributed by atoms with E-state index < -0.39 is 0 Å². The third-order valence-electron chi connectivity index (χ3n) is 4.75. The van der Waals surface area contributed by atoms with E-state index in [1.54, 1.807) is 36.4 Å². The van der Waals surface area contributed by atoms with Crippen molar-refractivity contribution in [1.29, 1.82) is 0 Å². The van der Waals surface area contributed by atoms with Gasteiger partial charge in [-0.3, -0.25) is 4.79 Å². The topological polar surface area (TPSA) is 111 Å². The van der Waals surface area contributed by atoms with Gasteiger partial charge in [0.1, 0.15) is 0 Å². The number of rotatable bonds is 8. The number of carbonyl (C=O) groups is 3. The van der Waals surface area contributed by atoms with E-state index in [0.29, 0.717) is 17.1 Å². The molecule has 0 radical (unpaired) electrons. The van der Waals surface area contributed by atoms with Crippen LogP contribution in [0.3, 0.4) is 0 Å². The average Bonchev–Trinajstić information content (AvgIpc) is 2.80. The first-order valence-electron chi connectivity index (χ1n) is 10.6. The predicted molar refractivity (Wildman–Crippen MR) is 130 cm³/mol. The molecule has 33 heavy (non-hydrogen) atoms. The number of anilines is 3. The number of urea groups is 2. The Bertz CT molecular complexity index is 1060. The zero-order chi connectivity index (χ0) is 23.5. The molecule has 3 aromatic carbocycles. The highest BCUT2D eigenvalue weighted by molar-refractivity contribution is 5.99. The number of para-hydroxylation sites is 2. The van der Waals surface area contributed by atoms with E-state index >= 15 is 0 Å². The fraction of sp³-hybridized carbons (Fsp3) is 0.160. The maximum Gasteiger partial charge on any atom is 0.323 e. The number of benzene rings is 3. The van der Waals surface area contributed by atoms with E-state index in [9.17, 15) is 14.4 Å². The van der Waals surface area contributed by atoms with Crippen molar-refractivity contribution in [3.8, 4) is 0 Å². The minimum atomic E-state index is -0.360. The molecule has 1 atom stereocenters. The Morgan fingerprint density at radius 1 is 0.667 bits per heavy atom. The van der Waals surface area contributed by atoms with Gasteiger partial charge >= 0.3 is 12.1 Å². The highest BCUT2D eigenvalue weighted by Gasteiger charge is 2.11. The first kappa shape index (κ1) is 23.3. The zero-order valence-electron chi connectivity index (χ0n) is 18.3. The summed E-state index contributed by atoms with van der Waals surface area (Å²) >= 11 is 0. The molecular weight excluding hydrogens is 418 g/mol. The van der Waals surface area contributed by atoms with Crippen molar-refractivity contribution in [2.75, 3.05) is 22.5 Å². The van der Waals surface area contributed by atoms with Gasteiger partial charge in [-0.05, 0) is 48.9 Å². The number of hydrogen-bond acceptors (Lipinski definition) is 3. The standard InChI is InChI=1S/C25H27N5O3/c1-18(27-23(31)16-17-26-24(32)28-20-8-4-2-5-9-20)19-12-14-22(15-13-19)30-25(33)29-21-10-6-3-7-11-21/h2-15,18H,16-17H2,1H3,(H,27,31)(H2,26,28,32)(H2,29,30,33). The summed E-state index contributed by atoms with van der Waals surface area (Å²) in [6, 6.07) is 24.6. The van der Waals surface area contributed by atoms with E-state index in [2.05, 4.69) is 26.6 Å². The molecule has 5 N–H and O–H groups in total. The van der Waals surface area contributed by atoms with Crippen molar-refractivity contribution in [1.82, 2.24) is 10.6 Å². The van der Waals surface area contributed by atoms with Crippen LogP contribution in [0, 0.1) is 0 Å². The van der Waals surface area contributed by atoms with Crippen molar-refractivity contribution in [2.24, 2.45) is 0 Å². The number of amides is 5. The maximum absolute atomic E-state index is 12.2. The van der Waals surface area contributed by atoms with Crippen molar-refractivity contribution in [3.05, 3.63) is 90.5 Å². The summed E-state index contributed by atoms with van der Waals surface area (Å²) in [5, 5.41) is 13.8. The molecular formula is C25H27N5O3. The Labute approximate surface area is 192 Å². The largest absolute Gasteiger partial charge is 0.350 e. The molecule has 8 nitrogen and oxygen atoms in total. The molecule has 1 unspecified atom stereocenters. The average molecular weight is 446 g/mol. The first-order valence-corrected chi connectivity index (χ1v) is 10.6. The Morgan fingerprint density at radius 2 is 1.15 bits per heavy atom. The van der Waals surface area contributed by atoms with Gasteiger partial charge in [0.2, 0.25) is 5.91 Å². The second-order valence-electron chi connectivity index (χ2n) is 7.35. The fourth-order valence-electron chi connectivity index (χ4n) is 3.05. The molecule has 0 bridgehead atoms. The van der Waals surface area contributed by atoms with Gasteiger partial charge in [-0.15, -0.1) is 0 Å². The molecule has 3 rings (SSSR count). The van der Waals surface area contributed by atoms with Crippen molar-refractivity contribution < 1.29 is 14.4 Å². The summed E-state index contributed by atoms with van der Waals surface area (Å²) in [6.45, 7) is 2.09. The molecule has 8 heteroatoms. The van der Waals surface area contributed by atoms with Gasteiger partial charge in [0.15, 0.2) is 0 Å². The molecule has 5 amide bonds. The van der Waals surface area contributed by atoms with Gasteiger partial charge in [0, 0.05) is 30.0 Å². The van der Waals surface area contributed by atoms with E-state index in [1.807, 2.05) is 55.5 Å². The quantitative estimate of drug-likeness (QED) is 0.346. The molecule has 0 aliphatic carbocycles. The smallest absolute Gasteiger partial charge is 0.323 e. The van der Waals surface area contributed by atoms with Crippen LogP contribution in [-0.2, 0) is 4.79 Å². The summed E-state index contributed by atoms with van der Waals surface area (Å²) < 4.78 is 0. The lowest BCUT2D eigenvalue weighted by molar-refractivity contribution is -0.121. The van der Waals surface area contributed by atoms with Gasteiger partial charge in [-0.1, -0.05) is 48.5 Å². The molecule has 0 saturated heterocycles. The highest BCUT2D eigenvalue weighted by Crippen LogP contribution is 2.17. The van der Waals surface area contributed by atoms with Crippen LogP contribution in [0.15, 0.2) is 84.9 Å². The number of nitrogens with one attached hydrogen (secondary N) is 5. The zero-order valence-corrected chi connectivity index (χ0v) is 18.3. The van der Waals surface area contributed by atoms with Crippen LogP contribution in [-0.4, -0.2) is 24.5 Å². The summed E-state index contributed by atoms with van der Waals surface area (Å²) in [4.78, 5) is 36.1. The van der Waals surface area contributed by atoms with Gasteiger partial charge in [-0.2, -0.15) is 0 Å². The van der Waals surface area contributed by atoms with Crippen LogP contribution >= 0.6 is 0 Å². The Kier molecular flexibility index (Phi) is 8.41. The molecule has 0 heterocycles. The van der Waals surface area contributed by atoms with E-state index in [0.717, 1.165) is 5.56 Å². The van der Waals surface area contributed by atoms with Crippen LogP contribution in [0.1, 0.15) is 24.9 Å². The lowest BCUT2D eigenvalue weighted by atomic mass is 10.1. The molecule has 0 fully saturated rings. The van der Waals surface area contributed by atoms with Crippen LogP contribution in [0.5, 0.6) is 0 Å². The monoisotopic (exact) mass is 445 g/mol. The fourth-order valence-corrected chi connectivity index (χ4v) is 3.05. The van der Waals surface area contributed by atoms with Gasteiger partial charge < -0.3 is 26.6 Å². The highest BCUT2D eigenvalue weighted by atomic mass is 16.2. The van der Waals surface area contributed by atoms with Crippen LogP contribution in [0.25, 0.3) is 0 Å². The summed E-state index contributed by atoms with van der Waals surface area (Å²) in [5.74, 6) is -0.174. The van der Waals surface area contributed by atoms with Gasteiger partial charge in [0.25, 0.3) is 0 Å². The Hall–Kier alpha value is -4.33. The summed E-state index contributed by atoms with van der Waals surface area (Å²) in [5.41, 5.74) is 2.92. The van der Waals surface area contributed by atoms with Crippen LogP contribution < -0.4 is 26.6 Å². The Morgan fingerprint density at radius 3 is 1.70 bits per heavy atom. The molecule has 0 spiro atoms. The van der Waals surface area contributed by atoms with Crippen LogP contribution in [0.2, 0.25) is 0 Å². The third kappa shape index (κ3) is 8.02. The van der Waals surface area contributed by atoms with Crippen molar-refractivity contribution in [2.45, 2.75) is 19.4 Å². The first-order chi connectivity index (χ1) is 16.0. The molecule has 0 saturated carbocycles. The summed E-state index contributed by atoms with van der Waals surface area (Å²) in [7, 11) is 0. The minimum absolute atomic E-state index is 0.159. The van der Waals surface area contributed by atoms with E-state index in [-0.39, 0.29) is 37.0 Å². The molecule has 0 aliphatic heterocycles. The molecule has 0 aliphatic rings.